The number of nitrogens with two attached hydrogens (primary N) is 1. The van der Waals surface area contributed by atoms with E-state index >= 15 is 0 Å². The van der Waals surface area contributed by atoms with E-state index in [4.69, 9.17) is 15.2 Å². The van der Waals surface area contributed by atoms with Gasteiger partial charge in [0.05, 0.1) is 0 Å². The third-order valence-corrected chi connectivity index (χ3v) is 3.10. The third kappa shape index (κ3) is 2.33. The highest BCUT2D eigenvalue weighted by Gasteiger charge is 2.32. The van der Waals surface area contributed by atoms with Crippen molar-refractivity contribution >= 4 is 15.9 Å². The molecule has 0 saturated carbocycles. The fourth-order valence-corrected chi connectivity index (χ4v) is 2.27. The van der Waals surface area contributed by atoms with Crippen LogP contribution in [-0.2, 0) is 6.42 Å². The lowest BCUT2D eigenvalue weighted by Crippen LogP contribution is -2.29. The Morgan fingerprint density at radius 3 is 2.44 bits per heavy atom. The molecule has 1 heterocycles. The third-order valence-electron chi connectivity index (χ3n) is 2.37. The average Bonchev–Trinajstić information content (AvgIpc) is 2.38. The van der Waals surface area contributed by atoms with E-state index in [9.17, 15) is 0 Å². The molecule has 0 fully saturated rings. The quantitative estimate of drug-likeness (QED) is 0.909. The monoisotopic (exact) mass is 285 g/mol. The summed E-state index contributed by atoms with van der Waals surface area (Å²) in [7, 11) is 0. The largest absolute Gasteiger partial charge is 0.449 e. The van der Waals surface area contributed by atoms with Crippen molar-refractivity contribution in [3.8, 4) is 11.5 Å². The van der Waals surface area contributed by atoms with Gasteiger partial charge < -0.3 is 15.2 Å². The zero-order chi connectivity index (χ0) is 11.9. The summed E-state index contributed by atoms with van der Waals surface area (Å²) in [6.45, 7) is 5.78. The summed E-state index contributed by atoms with van der Waals surface area (Å²) in [4.78, 5) is 0. The van der Waals surface area contributed by atoms with Gasteiger partial charge in [0.1, 0.15) is 0 Å². The molecule has 1 aromatic rings. The Morgan fingerprint density at radius 1 is 1.31 bits per heavy atom. The number of ether oxygens (including phenoxy) is 2. The van der Waals surface area contributed by atoms with Crippen LogP contribution in [0.2, 0.25) is 0 Å². The Morgan fingerprint density at radius 2 is 1.88 bits per heavy atom. The molecule has 4 heteroatoms. The van der Waals surface area contributed by atoms with E-state index in [2.05, 4.69) is 15.9 Å². The van der Waals surface area contributed by atoms with E-state index in [0.717, 1.165) is 28.0 Å². The van der Waals surface area contributed by atoms with Crippen LogP contribution in [0, 0.1) is 0 Å². The second kappa shape index (κ2) is 3.93. The molecule has 1 aliphatic rings. The maximum atomic E-state index is 5.80. The number of benzene rings is 1. The highest BCUT2D eigenvalue weighted by molar-refractivity contribution is 9.10. The van der Waals surface area contributed by atoms with E-state index in [1.165, 1.54) is 0 Å². The lowest BCUT2D eigenvalue weighted by Gasteiger charge is -2.16. The molecule has 16 heavy (non-hydrogen) atoms. The van der Waals surface area contributed by atoms with Gasteiger partial charge in [-0.2, -0.15) is 0 Å². The van der Waals surface area contributed by atoms with Gasteiger partial charge in [-0.15, -0.1) is 0 Å². The number of hydrogen-bond donors (Lipinski definition) is 1. The van der Waals surface area contributed by atoms with E-state index in [1.807, 2.05) is 32.9 Å². The summed E-state index contributed by atoms with van der Waals surface area (Å²) < 4.78 is 12.4. The molecule has 1 unspecified atom stereocenters. The van der Waals surface area contributed by atoms with Crippen molar-refractivity contribution in [1.82, 2.24) is 0 Å². The summed E-state index contributed by atoms with van der Waals surface area (Å²) >= 11 is 3.52. The van der Waals surface area contributed by atoms with Crippen LogP contribution in [0.25, 0.3) is 0 Å². The van der Waals surface area contributed by atoms with E-state index in [0.29, 0.717) is 0 Å². The minimum Gasteiger partial charge on any atom is -0.449 e. The minimum atomic E-state index is -0.575. The Bertz CT molecular complexity index is 415. The molecule has 1 aliphatic heterocycles. The maximum Gasteiger partial charge on any atom is 0.246 e. The molecule has 0 saturated heterocycles. The van der Waals surface area contributed by atoms with Gasteiger partial charge in [0, 0.05) is 24.4 Å². The molecule has 1 atom stereocenters. The number of hydrogen-bond acceptors (Lipinski definition) is 3. The normalized spacial score (nSPS) is 18.6. The molecule has 1 aromatic carbocycles. The summed E-state index contributed by atoms with van der Waals surface area (Å²) in [5.74, 6) is 1.00. The second-order valence-electron chi connectivity index (χ2n) is 4.68. The van der Waals surface area contributed by atoms with Crippen LogP contribution < -0.4 is 15.2 Å². The van der Waals surface area contributed by atoms with Crippen LogP contribution in [-0.4, -0.2) is 11.8 Å². The Balaban J connectivity index is 2.33. The zero-order valence-electron chi connectivity index (χ0n) is 9.71. The van der Waals surface area contributed by atoms with Crippen LogP contribution in [0.1, 0.15) is 26.3 Å². The first kappa shape index (κ1) is 11.7. The summed E-state index contributed by atoms with van der Waals surface area (Å²) in [6.07, 6.45) is 0.817. The van der Waals surface area contributed by atoms with Crippen molar-refractivity contribution in [2.45, 2.75) is 39.0 Å². The molecule has 2 N–H and O–H groups in total. The van der Waals surface area contributed by atoms with E-state index < -0.39 is 5.79 Å². The molecule has 88 valence electrons. The minimum absolute atomic E-state index is 0.129. The fourth-order valence-electron chi connectivity index (χ4n) is 1.79. The molecule has 0 radical (unpaired) electrons. The summed E-state index contributed by atoms with van der Waals surface area (Å²) in [5, 5.41) is 0. The van der Waals surface area contributed by atoms with Gasteiger partial charge in [-0.1, -0.05) is 15.9 Å². The van der Waals surface area contributed by atoms with Gasteiger partial charge in [0.25, 0.3) is 0 Å². The van der Waals surface area contributed by atoms with Gasteiger partial charge >= 0.3 is 0 Å². The van der Waals surface area contributed by atoms with Crippen molar-refractivity contribution in [2.24, 2.45) is 5.73 Å². The van der Waals surface area contributed by atoms with Gasteiger partial charge in [0.15, 0.2) is 11.5 Å². The fraction of sp³-hybridized carbons (Fsp3) is 0.500. The van der Waals surface area contributed by atoms with Crippen LogP contribution in [0.3, 0.4) is 0 Å². The van der Waals surface area contributed by atoms with Crippen LogP contribution >= 0.6 is 15.9 Å². The molecule has 0 bridgehead atoms. The molecule has 0 aromatic heterocycles. The van der Waals surface area contributed by atoms with Gasteiger partial charge in [-0.05, 0) is 31.0 Å². The van der Waals surface area contributed by atoms with Gasteiger partial charge in [-0.25, -0.2) is 0 Å². The van der Waals surface area contributed by atoms with Crippen molar-refractivity contribution in [2.75, 3.05) is 0 Å². The smallest absolute Gasteiger partial charge is 0.246 e. The first-order valence-corrected chi connectivity index (χ1v) is 6.13. The summed E-state index contributed by atoms with van der Waals surface area (Å²) in [6, 6.07) is 4.07. The Kier molecular flexibility index (Phi) is 2.88. The van der Waals surface area contributed by atoms with Crippen molar-refractivity contribution < 1.29 is 9.47 Å². The van der Waals surface area contributed by atoms with E-state index in [-0.39, 0.29) is 6.04 Å². The maximum absolute atomic E-state index is 5.80. The molecular weight excluding hydrogens is 270 g/mol. The highest BCUT2D eigenvalue weighted by atomic mass is 79.9. The number of halogens is 1. The molecule has 0 spiro atoms. The van der Waals surface area contributed by atoms with Crippen LogP contribution in [0.4, 0.5) is 0 Å². The van der Waals surface area contributed by atoms with Crippen molar-refractivity contribution in [1.29, 1.82) is 0 Å². The van der Waals surface area contributed by atoms with Crippen LogP contribution in [0.5, 0.6) is 11.5 Å². The molecule has 3 nitrogen and oxygen atoms in total. The molecule has 0 amide bonds. The molecular formula is C12H16BrNO2. The van der Waals surface area contributed by atoms with E-state index in [1.54, 1.807) is 0 Å². The Hall–Kier alpha value is -0.740. The Labute approximate surface area is 104 Å². The lowest BCUT2D eigenvalue weighted by molar-refractivity contribution is -0.0431. The van der Waals surface area contributed by atoms with Gasteiger partial charge in [-0.3, -0.25) is 0 Å². The van der Waals surface area contributed by atoms with Gasteiger partial charge in [0.2, 0.25) is 5.79 Å². The zero-order valence-corrected chi connectivity index (χ0v) is 11.3. The first-order chi connectivity index (χ1) is 7.37. The highest BCUT2D eigenvalue weighted by Crippen LogP contribution is 2.42. The first-order valence-electron chi connectivity index (χ1n) is 5.33. The second-order valence-corrected chi connectivity index (χ2v) is 5.53. The number of rotatable bonds is 2. The van der Waals surface area contributed by atoms with Crippen molar-refractivity contribution in [3.63, 3.8) is 0 Å². The SMILES string of the molecule is CC(N)Cc1cc2c(cc1Br)OC(C)(C)O2. The predicted molar refractivity (Wildman–Crippen MR) is 66.8 cm³/mol. The average molecular weight is 286 g/mol. The molecule has 2 rings (SSSR count). The standard InChI is InChI=1S/C12H16BrNO2/c1-7(14)4-8-5-10-11(6-9(8)13)16-12(2,3)15-10/h5-7H,4,14H2,1-3H3. The van der Waals surface area contributed by atoms with Crippen molar-refractivity contribution in [3.05, 3.63) is 22.2 Å². The van der Waals surface area contributed by atoms with Crippen LogP contribution in [0.15, 0.2) is 16.6 Å². The summed E-state index contributed by atoms with van der Waals surface area (Å²) in [5.41, 5.74) is 6.95. The molecule has 0 aliphatic carbocycles. The topological polar surface area (TPSA) is 44.5 Å². The number of fused-ring (bicyclic) bond motifs is 1. The lowest BCUT2D eigenvalue weighted by atomic mass is 10.1. The predicted octanol–water partition coefficient (Wildman–Crippen LogP) is 2.85.